The average Bonchev–Trinajstić information content (AvgIpc) is 3.25. The van der Waals surface area contributed by atoms with E-state index in [2.05, 4.69) is 5.32 Å². The first-order valence-corrected chi connectivity index (χ1v) is 11.0. The molecule has 2 amide bonds. The molecular weight excluding hydrogens is 400 g/mol. The largest absolute Gasteiger partial charge is 0.445 e. The second-order valence-corrected chi connectivity index (χ2v) is 8.30. The summed E-state index contributed by atoms with van der Waals surface area (Å²) in [5.74, 6) is -0.177. The molecule has 4 rings (SSSR count). The van der Waals surface area contributed by atoms with Crippen molar-refractivity contribution in [2.75, 3.05) is 6.54 Å². The van der Waals surface area contributed by atoms with Crippen LogP contribution in [0.15, 0.2) is 91.0 Å². The zero-order valence-corrected chi connectivity index (χ0v) is 18.2. The van der Waals surface area contributed by atoms with Gasteiger partial charge in [0.1, 0.15) is 12.1 Å². The van der Waals surface area contributed by atoms with Crippen LogP contribution < -0.4 is 5.32 Å². The summed E-state index contributed by atoms with van der Waals surface area (Å²) >= 11 is 0. The number of nitrogens with zero attached hydrogens (tertiary/aromatic N) is 1. The number of nitrogens with one attached hydrogen (secondary N) is 1. The van der Waals surface area contributed by atoms with Crippen LogP contribution in [0.5, 0.6) is 0 Å². The first-order chi connectivity index (χ1) is 15.6. The third-order valence-corrected chi connectivity index (χ3v) is 6.10. The SMILES string of the molecule is CC1(C(=O)NC(c2ccccc2)c2ccccc2)CCCN1C(=O)OCc1ccccc1. The average molecular weight is 429 g/mol. The molecule has 0 spiro atoms. The number of rotatable bonds is 6. The van der Waals surface area contributed by atoms with Crippen molar-refractivity contribution in [3.63, 3.8) is 0 Å². The summed E-state index contributed by atoms with van der Waals surface area (Å²) in [4.78, 5) is 28.0. The fourth-order valence-electron chi connectivity index (χ4n) is 4.23. The lowest BCUT2D eigenvalue weighted by atomic mass is 9.94. The Labute approximate surface area is 189 Å². The minimum absolute atomic E-state index is 0.177. The van der Waals surface area contributed by atoms with E-state index in [1.807, 2.05) is 97.9 Å². The van der Waals surface area contributed by atoms with E-state index >= 15 is 0 Å². The van der Waals surface area contributed by atoms with Crippen molar-refractivity contribution in [3.05, 3.63) is 108 Å². The third kappa shape index (κ3) is 4.67. The molecule has 32 heavy (non-hydrogen) atoms. The van der Waals surface area contributed by atoms with Gasteiger partial charge in [0.2, 0.25) is 5.91 Å². The number of carbonyl (C=O) groups excluding carboxylic acids is 2. The lowest BCUT2D eigenvalue weighted by Gasteiger charge is -2.34. The van der Waals surface area contributed by atoms with E-state index in [1.54, 1.807) is 4.90 Å². The molecule has 3 aromatic carbocycles. The Kier molecular flexibility index (Phi) is 6.55. The van der Waals surface area contributed by atoms with Crippen LogP contribution in [0.3, 0.4) is 0 Å². The Morgan fingerprint density at radius 2 is 1.44 bits per heavy atom. The monoisotopic (exact) mass is 428 g/mol. The molecule has 1 N–H and O–H groups in total. The maximum Gasteiger partial charge on any atom is 0.410 e. The van der Waals surface area contributed by atoms with Crippen LogP contribution in [0, 0.1) is 0 Å². The van der Waals surface area contributed by atoms with Gasteiger partial charge in [-0.25, -0.2) is 4.79 Å². The quantitative estimate of drug-likeness (QED) is 0.595. The van der Waals surface area contributed by atoms with Gasteiger partial charge in [-0.2, -0.15) is 0 Å². The molecule has 0 aliphatic carbocycles. The first kappa shape index (κ1) is 21.6. The Hall–Kier alpha value is -3.60. The molecule has 1 unspecified atom stereocenters. The maximum absolute atomic E-state index is 13.6. The summed E-state index contributed by atoms with van der Waals surface area (Å²) < 4.78 is 5.54. The predicted octanol–water partition coefficient (Wildman–Crippen LogP) is 5.08. The number of hydrogen-bond donors (Lipinski definition) is 1. The highest BCUT2D eigenvalue weighted by Gasteiger charge is 2.47. The summed E-state index contributed by atoms with van der Waals surface area (Å²) in [6.07, 6.45) is 0.890. The van der Waals surface area contributed by atoms with Crippen LogP contribution in [0.2, 0.25) is 0 Å². The van der Waals surface area contributed by atoms with Gasteiger partial charge in [-0.1, -0.05) is 91.0 Å². The Bertz CT molecular complexity index is 1000. The van der Waals surface area contributed by atoms with Gasteiger partial charge in [0.05, 0.1) is 6.04 Å². The molecule has 3 aromatic rings. The molecule has 164 valence electrons. The molecule has 1 saturated heterocycles. The Morgan fingerprint density at radius 1 is 0.906 bits per heavy atom. The van der Waals surface area contributed by atoms with E-state index in [1.165, 1.54) is 0 Å². The standard InChI is InChI=1S/C27H28N2O3/c1-27(18-11-19-29(27)26(31)32-20-21-12-5-2-6-13-21)25(30)28-24(22-14-7-3-8-15-22)23-16-9-4-10-17-23/h2-10,12-17,24H,11,18-20H2,1H3,(H,28,30). The molecule has 1 fully saturated rings. The minimum atomic E-state index is -0.963. The van der Waals surface area contributed by atoms with E-state index < -0.39 is 11.6 Å². The second-order valence-electron chi connectivity index (χ2n) is 8.30. The van der Waals surface area contributed by atoms with Crippen molar-refractivity contribution in [2.24, 2.45) is 0 Å². The minimum Gasteiger partial charge on any atom is -0.445 e. The van der Waals surface area contributed by atoms with Crippen LogP contribution >= 0.6 is 0 Å². The van der Waals surface area contributed by atoms with Gasteiger partial charge in [0, 0.05) is 6.54 Å². The van der Waals surface area contributed by atoms with Gasteiger partial charge in [-0.15, -0.1) is 0 Å². The molecule has 0 radical (unpaired) electrons. The van der Waals surface area contributed by atoms with E-state index in [-0.39, 0.29) is 18.6 Å². The van der Waals surface area contributed by atoms with Gasteiger partial charge >= 0.3 is 6.09 Å². The lowest BCUT2D eigenvalue weighted by molar-refractivity contribution is -0.131. The first-order valence-electron chi connectivity index (χ1n) is 11.0. The number of hydrogen-bond acceptors (Lipinski definition) is 3. The van der Waals surface area contributed by atoms with Gasteiger partial charge < -0.3 is 10.1 Å². The second kappa shape index (κ2) is 9.69. The van der Waals surface area contributed by atoms with Crippen molar-refractivity contribution >= 4 is 12.0 Å². The van der Waals surface area contributed by atoms with E-state index in [9.17, 15) is 9.59 Å². The zero-order chi connectivity index (χ0) is 22.4. The molecule has 0 aromatic heterocycles. The fraction of sp³-hybridized carbons (Fsp3) is 0.259. The normalized spacial score (nSPS) is 17.9. The van der Waals surface area contributed by atoms with Crippen LogP contribution in [-0.2, 0) is 16.1 Å². The number of amides is 2. The van der Waals surface area contributed by atoms with Crippen LogP contribution in [-0.4, -0.2) is 29.0 Å². The number of carbonyl (C=O) groups is 2. The highest BCUT2D eigenvalue weighted by molar-refractivity contribution is 5.90. The Balaban J connectivity index is 1.51. The van der Waals surface area contributed by atoms with Gasteiger partial charge in [-0.05, 0) is 36.5 Å². The summed E-state index contributed by atoms with van der Waals surface area (Å²) in [5.41, 5.74) is 1.94. The van der Waals surface area contributed by atoms with Crippen molar-refractivity contribution in [2.45, 2.75) is 38.0 Å². The number of benzene rings is 3. The van der Waals surface area contributed by atoms with Crippen LogP contribution in [0.25, 0.3) is 0 Å². The van der Waals surface area contributed by atoms with Crippen molar-refractivity contribution in [1.29, 1.82) is 0 Å². The van der Waals surface area contributed by atoms with Gasteiger partial charge in [-0.3, -0.25) is 9.69 Å². The van der Waals surface area contributed by atoms with Gasteiger partial charge in [0.15, 0.2) is 0 Å². The summed E-state index contributed by atoms with van der Waals surface area (Å²) in [5, 5.41) is 3.20. The summed E-state index contributed by atoms with van der Waals surface area (Å²) in [6, 6.07) is 29.0. The highest BCUT2D eigenvalue weighted by atomic mass is 16.6. The van der Waals surface area contributed by atoms with E-state index in [0.717, 1.165) is 23.1 Å². The van der Waals surface area contributed by atoms with Crippen LogP contribution in [0.1, 0.15) is 42.5 Å². The molecule has 1 aliphatic rings. The summed E-state index contributed by atoms with van der Waals surface area (Å²) in [7, 11) is 0. The number of likely N-dealkylation sites (tertiary alicyclic amines) is 1. The molecule has 5 heteroatoms. The Morgan fingerprint density at radius 3 is 2.00 bits per heavy atom. The highest BCUT2D eigenvalue weighted by Crippen LogP contribution is 2.32. The maximum atomic E-state index is 13.6. The molecule has 0 bridgehead atoms. The fourth-order valence-corrected chi connectivity index (χ4v) is 4.23. The topological polar surface area (TPSA) is 58.6 Å². The smallest absolute Gasteiger partial charge is 0.410 e. The molecule has 1 heterocycles. The zero-order valence-electron chi connectivity index (χ0n) is 18.2. The van der Waals surface area contributed by atoms with Crippen molar-refractivity contribution < 1.29 is 14.3 Å². The van der Waals surface area contributed by atoms with Gasteiger partial charge in [0.25, 0.3) is 0 Å². The van der Waals surface area contributed by atoms with Crippen LogP contribution in [0.4, 0.5) is 4.79 Å². The molecule has 1 aliphatic heterocycles. The molecule has 0 saturated carbocycles. The van der Waals surface area contributed by atoms with Crippen molar-refractivity contribution in [3.8, 4) is 0 Å². The predicted molar refractivity (Wildman–Crippen MR) is 124 cm³/mol. The summed E-state index contributed by atoms with van der Waals surface area (Å²) in [6.45, 7) is 2.51. The lowest BCUT2D eigenvalue weighted by Crippen LogP contribution is -2.56. The number of ether oxygens (including phenoxy) is 1. The molecule has 5 nitrogen and oxygen atoms in total. The molecular formula is C27H28N2O3. The molecule has 1 atom stereocenters. The van der Waals surface area contributed by atoms with Crippen molar-refractivity contribution in [1.82, 2.24) is 10.2 Å². The van der Waals surface area contributed by atoms with E-state index in [4.69, 9.17) is 4.74 Å². The third-order valence-electron chi connectivity index (χ3n) is 6.10. The van der Waals surface area contributed by atoms with E-state index in [0.29, 0.717) is 13.0 Å².